The molecule has 0 spiro atoms. The number of amides is 4. The molecule has 0 radical (unpaired) electrons. The van der Waals surface area contributed by atoms with Gasteiger partial charge in [0.05, 0.1) is 34.9 Å². The van der Waals surface area contributed by atoms with E-state index in [0.717, 1.165) is 52.1 Å². The van der Waals surface area contributed by atoms with Crippen LogP contribution in [0.4, 0.5) is 36.8 Å². The van der Waals surface area contributed by atoms with Crippen LogP contribution in [-0.2, 0) is 37.9 Å². The maximum atomic E-state index is 14.4. The molecule has 2 atom stereocenters. The number of hydrogen-bond donors (Lipinski definition) is 2. The summed E-state index contributed by atoms with van der Waals surface area (Å²) in [5.74, 6) is -1.74. The standard InChI is InChI=1S/C42H47F6N5O5/c1-6-22-58-39(56)37-28(4)53(34-13-9-12-33(25-34)42(46,47)48)40(57)52(38(37)31-16-14-30(15-17-31)27(3)7-2)26-36(55)50-19-21-51(5)20-18-49-35(54)24-29-10-8-11-32(23-29)41(43,44)45/h6,8-17,23,25,27,38H,1,7,18-22,24,26H2,2-5H3,(H,49,54)(H,50,55)/t27-,38-/m1/s1. The molecule has 1 aliphatic rings. The van der Waals surface area contributed by atoms with Gasteiger partial charge >= 0.3 is 24.4 Å². The lowest BCUT2D eigenvalue weighted by Crippen LogP contribution is -2.54. The number of allylic oxidation sites excluding steroid dienone is 1. The smallest absolute Gasteiger partial charge is 0.416 e. The average Bonchev–Trinajstić information content (AvgIpc) is 3.17. The summed E-state index contributed by atoms with van der Waals surface area (Å²) in [6.45, 7) is 9.18. The molecule has 4 rings (SSSR count). The number of nitrogens with one attached hydrogen (secondary N) is 2. The molecule has 0 saturated heterocycles. The first-order valence-electron chi connectivity index (χ1n) is 18.6. The Labute approximate surface area is 333 Å². The van der Waals surface area contributed by atoms with Gasteiger partial charge in [0.15, 0.2) is 0 Å². The van der Waals surface area contributed by atoms with Gasteiger partial charge in [-0.05, 0) is 67.3 Å². The average molecular weight is 816 g/mol. The lowest BCUT2D eigenvalue weighted by molar-refractivity contribution is -0.139. The van der Waals surface area contributed by atoms with E-state index in [1.807, 2.05) is 26.0 Å². The molecule has 10 nitrogen and oxygen atoms in total. The number of benzene rings is 3. The first kappa shape index (κ1) is 45.1. The zero-order valence-electron chi connectivity index (χ0n) is 32.7. The van der Waals surface area contributed by atoms with Gasteiger partial charge in [0, 0.05) is 31.9 Å². The lowest BCUT2D eigenvalue weighted by Gasteiger charge is -2.42. The molecule has 16 heteroatoms. The Morgan fingerprint density at radius 2 is 1.48 bits per heavy atom. The molecule has 312 valence electrons. The van der Waals surface area contributed by atoms with E-state index in [-0.39, 0.29) is 61.1 Å². The Balaban J connectivity index is 1.52. The molecule has 3 aromatic rings. The molecule has 58 heavy (non-hydrogen) atoms. The third kappa shape index (κ3) is 11.7. The maximum Gasteiger partial charge on any atom is 0.416 e. The molecular formula is C42H47F6N5O5. The summed E-state index contributed by atoms with van der Waals surface area (Å²) < 4.78 is 86.0. The van der Waals surface area contributed by atoms with Crippen LogP contribution in [0.1, 0.15) is 67.0 Å². The number of carbonyl (C=O) groups excluding carboxylic acids is 4. The second-order valence-corrected chi connectivity index (χ2v) is 13.9. The van der Waals surface area contributed by atoms with Gasteiger partial charge in [-0.2, -0.15) is 26.3 Å². The first-order chi connectivity index (χ1) is 27.3. The molecule has 0 bridgehead atoms. The zero-order valence-corrected chi connectivity index (χ0v) is 32.7. The van der Waals surface area contributed by atoms with Crippen molar-refractivity contribution in [1.29, 1.82) is 0 Å². The number of likely N-dealkylation sites (N-methyl/N-ethyl adjacent to an activating group) is 1. The molecule has 0 fully saturated rings. The van der Waals surface area contributed by atoms with E-state index >= 15 is 0 Å². The summed E-state index contributed by atoms with van der Waals surface area (Å²) in [5.41, 5.74) is -0.395. The van der Waals surface area contributed by atoms with Gasteiger partial charge in [-0.3, -0.25) is 14.5 Å². The molecule has 0 unspecified atom stereocenters. The first-order valence-corrected chi connectivity index (χ1v) is 18.6. The van der Waals surface area contributed by atoms with Crippen LogP contribution >= 0.6 is 0 Å². The molecule has 3 aromatic carbocycles. The van der Waals surface area contributed by atoms with Crippen molar-refractivity contribution in [1.82, 2.24) is 20.4 Å². The topological polar surface area (TPSA) is 111 Å². The van der Waals surface area contributed by atoms with Crippen molar-refractivity contribution in [2.75, 3.05) is 51.3 Å². The summed E-state index contributed by atoms with van der Waals surface area (Å²) in [6.07, 6.45) is -7.30. The van der Waals surface area contributed by atoms with Gasteiger partial charge in [-0.15, -0.1) is 0 Å². The highest BCUT2D eigenvalue weighted by molar-refractivity contribution is 6.04. The molecule has 0 saturated carbocycles. The third-order valence-electron chi connectivity index (χ3n) is 9.73. The molecule has 0 aliphatic carbocycles. The van der Waals surface area contributed by atoms with Crippen LogP contribution in [0, 0.1) is 0 Å². The monoisotopic (exact) mass is 815 g/mol. The minimum Gasteiger partial charge on any atom is -0.458 e. The number of alkyl halides is 6. The summed E-state index contributed by atoms with van der Waals surface area (Å²) in [4.78, 5) is 58.0. The van der Waals surface area contributed by atoms with Crippen LogP contribution in [0.3, 0.4) is 0 Å². The quantitative estimate of drug-likeness (QED) is 0.0824. The number of rotatable bonds is 17. The number of carbonyl (C=O) groups is 4. The van der Waals surface area contributed by atoms with Crippen molar-refractivity contribution in [3.8, 4) is 0 Å². The summed E-state index contributed by atoms with van der Waals surface area (Å²) in [7, 11) is 1.72. The van der Waals surface area contributed by atoms with Crippen LogP contribution in [-0.4, -0.2) is 80.0 Å². The molecule has 0 aromatic heterocycles. The van der Waals surface area contributed by atoms with E-state index in [4.69, 9.17) is 4.74 Å². The highest BCUT2D eigenvalue weighted by Gasteiger charge is 2.44. The van der Waals surface area contributed by atoms with E-state index in [0.29, 0.717) is 12.1 Å². The van der Waals surface area contributed by atoms with E-state index in [1.54, 1.807) is 24.1 Å². The van der Waals surface area contributed by atoms with Crippen LogP contribution in [0.25, 0.3) is 0 Å². The fourth-order valence-electron chi connectivity index (χ4n) is 6.40. The van der Waals surface area contributed by atoms with Crippen molar-refractivity contribution in [3.63, 3.8) is 0 Å². The summed E-state index contributed by atoms with van der Waals surface area (Å²) >= 11 is 0. The highest BCUT2D eigenvalue weighted by atomic mass is 19.4. The van der Waals surface area contributed by atoms with Crippen molar-refractivity contribution in [2.45, 2.75) is 57.9 Å². The van der Waals surface area contributed by atoms with Crippen molar-refractivity contribution in [3.05, 3.63) is 125 Å². The number of halogens is 6. The normalized spacial score (nSPS) is 15.4. The largest absolute Gasteiger partial charge is 0.458 e. The minimum atomic E-state index is -4.73. The van der Waals surface area contributed by atoms with Gasteiger partial charge in [0.25, 0.3) is 0 Å². The van der Waals surface area contributed by atoms with Crippen LogP contribution in [0.2, 0.25) is 0 Å². The van der Waals surface area contributed by atoms with E-state index in [9.17, 15) is 45.5 Å². The SMILES string of the molecule is C=CCOC(=O)C1=C(C)N(c2cccc(C(F)(F)F)c2)C(=O)N(CC(=O)NCCN(C)CCNC(=O)Cc2cccc(C(F)(F)F)c2)[C@@H]1c1ccc([C@H](C)CC)cc1. The summed E-state index contributed by atoms with van der Waals surface area (Å²) in [6, 6.07) is 13.8. The number of anilines is 1. The number of esters is 1. The van der Waals surface area contributed by atoms with Gasteiger partial charge in [-0.1, -0.05) is 75.0 Å². The van der Waals surface area contributed by atoms with Crippen molar-refractivity contribution in [2.24, 2.45) is 0 Å². The molecule has 4 amide bonds. The van der Waals surface area contributed by atoms with Gasteiger partial charge in [0.2, 0.25) is 11.8 Å². The Kier molecular flexibility index (Phi) is 15.3. The predicted octanol–water partition coefficient (Wildman–Crippen LogP) is 7.63. The number of ether oxygens (including phenoxy) is 1. The molecule has 1 aliphatic heterocycles. The van der Waals surface area contributed by atoms with Crippen molar-refractivity contribution < 1.29 is 50.3 Å². The van der Waals surface area contributed by atoms with E-state index in [2.05, 4.69) is 17.2 Å². The van der Waals surface area contributed by atoms with Crippen LogP contribution in [0.15, 0.2) is 96.7 Å². The fourth-order valence-corrected chi connectivity index (χ4v) is 6.40. The van der Waals surface area contributed by atoms with Crippen molar-refractivity contribution >= 4 is 29.5 Å². The highest BCUT2D eigenvalue weighted by Crippen LogP contribution is 2.41. The van der Waals surface area contributed by atoms with E-state index < -0.39 is 59.9 Å². The van der Waals surface area contributed by atoms with Gasteiger partial charge in [-0.25, -0.2) is 9.59 Å². The molecule has 1 heterocycles. The lowest BCUT2D eigenvalue weighted by atomic mass is 9.90. The Morgan fingerprint density at radius 3 is 2.07 bits per heavy atom. The number of hydrogen-bond acceptors (Lipinski definition) is 6. The molecule has 2 N–H and O–H groups in total. The number of nitrogens with zero attached hydrogens (tertiary/aromatic N) is 3. The zero-order chi connectivity index (χ0) is 42.8. The second kappa shape index (κ2) is 19.7. The Morgan fingerprint density at radius 1 is 0.897 bits per heavy atom. The summed E-state index contributed by atoms with van der Waals surface area (Å²) in [5, 5.41) is 5.40. The maximum absolute atomic E-state index is 14.4. The Bertz CT molecular complexity index is 1980. The Hall–Kier alpha value is -5.64. The van der Waals surface area contributed by atoms with Crippen LogP contribution in [0.5, 0.6) is 0 Å². The van der Waals surface area contributed by atoms with Gasteiger partial charge < -0.3 is 25.2 Å². The number of urea groups is 1. The predicted molar refractivity (Wildman–Crippen MR) is 206 cm³/mol. The fraction of sp³-hybridized carbons (Fsp3) is 0.381. The second-order valence-electron chi connectivity index (χ2n) is 13.9. The molecular weight excluding hydrogens is 768 g/mol. The minimum absolute atomic E-state index is 0.0228. The van der Waals surface area contributed by atoms with Gasteiger partial charge in [0.1, 0.15) is 13.2 Å². The third-order valence-corrected chi connectivity index (χ3v) is 9.73. The van der Waals surface area contributed by atoms with E-state index in [1.165, 1.54) is 31.2 Å². The van der Waals surface area contributed by atoms with Crippen LogP contribution < -0.4 is 15.5 Å².